The molecular formula is C11H13NO. The second-order valence-electron chi connectivity index (χ2n) is 3.28. The Kier molecular flexibility index (Phi) is 1.97. The van der Waals surface area contributed by atoms with Gasteiger partial charge in [0.25, 0.3) is 0 Å². The molecule has 1 heterocycles. The van der Waals surface area contributed by atoms with E-state index in [0.29, 0.717) is 5.75 Å². The minimum atomic E-state index is 0.358. The number of nitrogens with one attached hydrogen (secondary N) is 1. The molecular weight excluding hydrogens is 162 g/mol. The van der Waals surface area contributed by atoms with Crippen LogP contribution in [0.25, 0.3) is 10.9 Å². The minimum Gasteiger partial charge on any atom is -0.507 e. The van der Waals surface area contributed by atoms with Gasteiger partial charge in [0.1, 0.15) is 5.75 Å². The first kappa shape index (κ1) is 8.17. The number of aryl methyl sites for hydroxylation is 1. The Bertz CT molecular complexity index is 417. The maximum absolute atomic E-state index is 9.53. The van der Waals surface area contributed by atoms with Crippen LogP contribution in [0.3, 0.4) is 0 Å². The number of rotatable bonds is 2. The Balaban J connectivity index is 2.55. The van der Waals surface area contributed by atoms with Crippen LogP contribution in [0.15, 0.2) is 24.3 Å². The Hall–Kier alpha value is -1.44. The number of benzene rings is 1. The number of hydrogen-bond donors (Lipinski definition) is 2. The van der Waals surface area contributed by atoms with Gasteiger partial charge in [-0.05, 0) is 24.6 Å². The van der Waals surface area contributed by atoms with Gasteiger partial charge in [-0.15, -0.1) is 0 Å². The number of aromatic amines is 1. The van der Waals surface area contributed by atoms with E-state index in [9.17, 15) is 5.11 Å². The second kappa shape index (κ2) is 3.13. The summed E-state index contributed by atoms with van der Waals surface area (Å²) >= 11 is 0. The lowest BCUT2D eigenvalue weighted by Gasteiger charge is -1.91. The molecule has 0 spiro atoms. The van der Waals surface area contributed by atoms with E-state index in [1.807, 2.05) is 18.2 Å². The standard InChI is InChI=1S/C11H13NO/c1-2-4-8-7-9-10(12-8)5-3-6-11(9)13/h3,5-7,12-13H,2,4H2,1H3. The van der Waals surface area contributed by atoms with Gasteiger partial charge >= 0.3 is 0 Å². The fraction of sp³-hybridized carbons (Fsp3) is 0.273. The molecule has 0 fully saturated rings. The zero-order chi connectivity index (χ0) is 9.26. The van der Waals surface area contributed by atoms with E-state index in [2.05, 4.69) is 11.9 Å². The molecule has 1 aromatic heterocycles. The fourth-order valence-corrected chi connectivity index (χ4v) is 1.60. The van der Waals surface area contributed by atoms with Crippen LogP contribution in [-0.2, 0) is 6.42 Å². The molecule has 2 heteroatoms. The number of aromatic hydroxyl groups is 1. The number of fused-ring (bicyclic) bond motifs is 1. The summed E-state index contributed by atoms with van der Waals surface area (Å²) < 4.78 is 0. The number of phenolic OH excluding ortho intramolecular Hbond substituents is 1. The number of H-pyrrole nitrogens is 1. The summed E-state index contributed by atoms with van der Waals surface area (Å²) in [5.41, 5.74) is 2.21. The molecule has 0 radical (unpaired) electrons. The molecule has 68 valence electrons. The van der Waals surface area contributed by atoms with E-state index in [1.165, 1.54) is 5.69 Å². The van der Waals surface area contributed by atoms with Crippen molar-refractivity contribution in [2.24, 2.45) is 0 Å². The highest BCUT2D eigenvalue weighted by molar-refractivity contribution is 5.86. The Morgan fingerprint density at radius 2 is 2.23 bits per heavy atom. The lowest BCUT2D eigenvalue weighted by atomic mass is 10.2. The molecule has 0 amide bonds. The lowest BCUT2D eigenvalue weighted by Crippen LogP contribution is -1.79. The van der Waals surface area contributed by atoms with Crippen molar-refractivity contribution in [3.05, 3.63) is 30.0 Å². The molecule has 2 nitrogen and oxygen atoms in total. The van der Waals surface area contributed by atoms with Gasteiger partial charge in [-0.1, -0.05) is 19.4 Å². The zero-order valence-corrected chi connectivity index (χ0v) is 7.67. The van der Waals surface area contributed by atoms with Gasteiger partial charge in [-0.2, -0.15) is 0 Å². The van der Waals surface area contributed by atoms with Crippen LogP contribution in [0, 0.1) is 0 Å². The summed E-state index contributed by atoms with van der Waals surface area (Å²) in [6.07, 6.45) is 2.15. The molecule has 2 aromatic rings. The van der Waals surface area contributed by atoms with Crippen molar-refractivity contribution in [3.8, 4) is 5.75 Å². The number of phenols is 1. The highest BCUT2D eigenvalue weighted by Crippen LogP contribution is 2.25. The first-order valence-corrected chi connectivity index (χ1v) is 4.61. The molecule has 0 bridgehead atoms. The summed E-state index contributed by atoms with van der Waals surface area (Å²) in [5.74, 6) is 0.358. The zero-order valence-electron chi connectivity index (χ0n) is 7.67. The van der Waals surface area contributed by atoms with E-state index in [0.717, 1.165) is 23.7 Å². The van der Waals surface area contributed by atoms with Gasteiger partial charge in [0.05, 0.1) is 0 Å². The van der Waals surface area contributed by atoms with Crippen molar-refractivity contribution < 1.29 is 5.11 Å². The molecule has 13 heavy (non-hydrogen) atoms. The second-order valence-corrected chi connectivity index (χ2v) is 3.28. The third-order valence-electron chi connectivity index (χ3n) is 2.22. The number of aromatic nitrogens is 1. The predicted molar refractivity (Wildman–Crippen MR) is 54.0 cm³/mol. The molecule has 0 saturated carbocycles. The van der Waals surface area contributed by atoms with E-state index in [1.54, 1.807) is 6.07 Å². The molecule has 2 N–H and O–H groups in total. The predicted octanol–water partition coefficient (Wildman–Crippen LogP) is 2.83. The van der Waals surface area contributed by atoms with Crippen molar-refractivity contribution in [2.45, 2.75) is 19.8 Å². The molecule has 1 aromatic carbocycles. The van der Waals surface area contributed by atoms with Crippen LogP contribution in [0.1, 0.15) is 19.0 Å². The van der Waals surface area contributed by atoms with E-state index >= 15 is 0 Å². The smallest absolute Gasteiger partial charge is 0.124 e. The normalized spacial score (nSPS) is 10.8. The molecule has 2 rings (SSSR count). The van der Waals surface area contributed by atoms with Gasteiger partial charge in [0.15, 0.2) is 0 Å². The summed E-state index contributed by atoms with van der Waals surface area (Å²) in [6.45, 7) is 2.14. The van der Waals surface area contributed by atoms with Gasteiger partial charge < -0.3 is 10.1 Å². The summed E-state index contributed by atoms with van der Waals surface area (Å²) in [6, 6.07) is 7.57. The van der Waals surface area contributed by atoms with Crippen LogP contribution in [0.2, 0.25) is 0 Å². The fourth-order valence-electron chi connectivity index (χ4n) is 1.60. The van der Waals surface area contributed by atoms with E-state index in [-0.39, 0.29) is 0 Å². The summed E-state index contributed by atoms with van der Waals surface area (Å²) in [7, 11) is 0. The van der Waals surface area contributed by atoms with Gasteiger partial charge in [0, 0.05) is 16.6 Å². The largest absolute Gasteiger partial charge is 0.507 e. The average Bonchev–Trinajstić information content (AvgIpc) is 2.49. The van der Waals surface area contributed by atoms with Gasteiger partial charge in [-0.25, -0.2) is 0 Å². The van der Waals surface area contributed by atoms with Crippen LogP contribution >= 0.6 is 0 Å². The molecule has 0 aliphatic carbocycles. The SMILES string of the molecule is CCCc1cc2c(O)cccc2[nH]1. The summed E-state index contributed by atoms with van der Waals surface area (Å²) in [4.78, 5) is 3.28. The Morgan fingerprint density at radius 1 is 1.38 bits per heavy atom. The molecule has 0 saturated heterocycles. The minimum absolute atomic E-state index is 0.358. The highest BCUT2D eigenvalue weighted by atomic mass is 16.3. The monoisotopic (exact) mass is 175 g/mol. The van der Waals surface area contributed by atoms with Crippen molar-refractivity contribution in [3.63, 3.8) is 0 Å². The summed E-state index contributed by atoms with van der Waals surface area (Å²) in [5, 5.41) is 10.5. The lowest BCUT2D eigenvalue weighted by molar-refractivity contribution is 0.481. The van der Waals surface area contributed by atoms with Crippen LogP contribution in [0.5, 0.6) is 5.75 Å². The van der Waals surface area contributed by atoms with Crippen molar-refractivity contribution in [1.29, 1.82) is 0 Å². The quantitative estimate of drug-likeness (QED) is 0.723. The Morgan fingerprint density at radius 3 is 2.92 bits per heavy atom. The Labute approximate surface area is 77.2 Å². The van der Waals surface area contributed by atoms with Crippen molar-refractivity contribution in [2.75, 3.05) is 0 Å². The first-order valence-electron chi connectivity index (χ1n) is 4.61. The van der Waals surface area contributed by atoms with Crippen molar-refractivity contribution >= 4 is 10.9 Å². The van der Waals surface area contributed by atoms with Gasteiger partial charge in [-0.3, -0.25) is 0 Å². The van der Waals surface area contributed by atoms with Crippen LogP contribution < -0.4 is 0 Å². The van der Waals surface area contributed by atoms with Crippen LogP contribution in [0.4, 0.5) is 0 Å². The third kappa shape index (κ3) is 1.39. The maximum atomic E-state index is 9.53. The van der Waals surface area contributed by atoms with Gasteiger partial charge in [0.2, 0.25) is 0 Å². The first-order chi connectivity index (χ1) is 6.31. The topological polar surface area (TPSA) is 36.0 Å². The van der Waals surface area contributed by atoms with Crippen LogP contribution in [-0.4, -0.2) is 10.1 Å². The maximum Gasteiger partial charge on any atom is 0.124 e. The average molecular weight is 175 g/mol. The number of hydrogen-bond acceptors (Lipinski definition) is 1. The highest BCUT2D eigenvalue weighted by Gasteiger charge is 2.02. The van der Waals surface area contributed by atoms with E-state index < -0.39 is 0 Å². The molecule has 0 atom stereocenters. The third-order valence-corrected chi connectivity index (χ3v) is 2.22. The van der Waals surface area contributed by atoms with E-state index in [4.69, 9.17) is 0 Å². The van der Waals surface area contributed by atoms with Crippen molar-refractivity contribution in [1.82, 2.24) is 4.98 Å². The molecule has 0 aliphatic rings. The molecule has 0 aliphatic heterocycles. The molecule has 0 unspecified atom stereocenters.